The van der Waals surface area contributed by atoms with Crippen molar-refractivity contribution < 1.29 is 33.7 Å². The van der Waals surface area contributed by atoms with Gasteiger partial charge in [0.2, 0.25) is 0 Å². The largest absolute Gasteiger partial charge is 0.507 e. The second-order valence-corrected chi connectivity index (χ2v) is 8.31. The normalized spacial score (nSPS) is 17.2. The number of Topliss-reactive ketones (excluding diaryl/α,β-unsaturated/α-hetero) is 1. The Morgan fingerprint density at radius 2 is 1.79 bits per heavy atom. The quantitative estimate of drug-likeness (QED) is 0.141. The minimum Gasteiger partial charge on any atom is -0.507 e. The van der Waals surface area contributed by atoms with E-state index in [9.17, 15) is 19.5 Å². The van der Waals surface area contributed by atoms with Gasteiger partial charge in [-0.3, -0.25) is 14.4 Å². The molecule has 1 aliphatic heterocycles. The molecule has 1 atom stereocenters. The van der Waals surface area contributed by atoms with Gasteiger partial charge in [-0.25, -0.2) is 0 Å². The molecule has 1 fully saturated rings. The van der Waals surface area contributed by atoms with Gasteiger partial charge in [-0.1, -0.05) is 35.3 Å². The van der Waals surface area contributed by atoms with Crippen LogP contribution in [0.15, 0.2) is 42.0 Å². The molecule has 10 heteroatoms. The lowest BCUT2D eigenvalue weighted by Crippen LogP contribution is -2.31. The molecule has 1 saturated heterocycles. The Balaban J connectivity index is 2.18. The number of hydrogen-bond acceptors (Lipinski definition) is 7. The van der Waals surface area contributed by atoms with Gasteiger partial charge < -0.3 is 24.2 Å². The predicted molar refractivity (Wildman–Crippen MR) is 126 cm³/mol. The predicted octanol–water partition coefficient (Wildman–Crippen LogP) is 4.39. The first-order valence-electron chi connectivity index (χ1n) is 10.3. The highest BCUT2D eigenvalue weighted by Gasteiger charge is 2.46. The lowest BCUT2D eigenvalue weighted by Gasteiger charge is -2.25. The fourth-order valence-corrected chi connectivity index (χ4v) is 4.38. The number of carbonyl (C=O) groups is 3. The first-order chi connectivity index (χ1) is 16.2. The molecule has 0 saturated carbocycles. The molecule has 3 rings (SSSR count). The maximum atomic E-state index is 13.1. The monoisotopic (exact) mass is 507 g/mol. The first kappa shape index (κ1) is 25.6. The molecule has 0 bridgehead atoms. The number of amides is 1. The minimum absolute atomic E-state index is 0.0800. The second-order valence-electron chi connectivity index (χ2n) is 7.47. The molecule has 1 amide bonds. The zero-order chi connectivity index (χ0) is 25.0. The van der Waals surface area contributed by atoms with E-state index in [1.165, 1.54) is 38.2 Å². The number of benzene rings is 2. The zero-order valence-corrected chi connectivity index (χ0v) is 20.3. The Kier molecular flexibility index (Phi) is 8.19. The topological polar surface area (TPSA) is 102 Å². The highest BCUT2D eigenvalue weighted by atomic mass is 35.5. The van der Waals surface area contributed by atoms with E-state index in [-0.39, 0.29) is 33.5 Å². The van der Waals surface area contributed by atoms with Crippen molar-refractivity contribution in [2.75, 3.05) is 27.4 Å². The summed E-state index contributed by atoms with van der Waals surface area (Å²) in [5.41, 5.74) is 0.469. The summed E-state index contributed by atoms with van der Waals surface area (Å²) in [6, 6.07) is 8.26. The van der Waals surface area contributed by atoms with E-state index >= 15 is 0 Å². The van der Waals surface area contributed by atoms with Gasteiger partial charge in [0, 0.05) is 32.2 Å². The summed E-state index contributed by atoms with van der Waals surface area (Å²) in [5, 5.41) is 11.6. The summed E-state index contributed by atoms with van der Waals surface area (Å²) in [6.45, 7) is 1.86. The average Bonchev–Trinajstić information content (AvgIpc) is 3.03. The standard InChI is InChI=1S/C24H23Cl2NO7/c1-13(28)34-16-7-5-14(6-8-16)20-19(22(30)24(31)27(20)9-4-10-32-2)21(29)17-11-15(25)12-18(26)23(17)33-3/h5-8,11-12,20,29H,4,9-10H2,1-3H3/b21-19+. The van der Waals surface area contributed by atoms with Gasteiger partial charge in [0.05, 0.1) is 29.3 Å². The summed E-state index contributed by atoms with van der Waals surface area (Å²) in [4.78, 5) is 38.7. The van der Waals surface area contributed by atoms with E-state index in [1.807, 2.05) is 0 Å². The molecule has 1 unspecified atom stereocenters. The Morgan fingerprint density at radius 3 is 2.38 bits per heavy atom. The smallest absolute Gasteiger partial charge is 0.308 e. The van der Waals surface area contributed by atoms with Crippen molar-refractivity contribution in [1.82, 2.24) is 4.90 Å². The molecule has 2 aromatic rings. The van der Waals surface area contributed by atoms with Crippen LogP contribution in [0.2, 0.25) is 10.0 Å². The average molecular weight is 508 g/mol. The van der Waals surface area contributed by atoms with Gasteiger partial charge in [-0.05, 0) is 36.2 Å². The van der Waals surface area contributed by atoms with Crippen LogP contribution in [0.1, 0.15) is 30.5 Å². The molecule has 34 heavy (non-hydrogen) atoms. The Bertz CT molecular complexity index is 1140. The first-order valence-corrected chi connectivity index (χ1v) is 11.0. The molecule has 2 aromatic carbocycles. The maximum Gasteiger partial charge on any atom is 0.308 e. The van der Waals surface area contributed by atoms with E-state index in [4.69, 9.17) is 37.4 Å². The number of carbonyl (C=O) groups excluding carboxylic acids is 3. The van der Waals surface area contributed by atoms with Crippen LogP contribution in [0.3, 0.4) is 0 Å². The van der Waals surface area contributed by atoms with Crippen molar-refractivity contribution in [1.29, 1.82) is 0 Å². The number of likely N-dealkylation sites (tertiary alicyclic amines) is 1. The van der Waals surface area contributed by atoms with E-state index in [0.29, 0.717) is 24.3 Å². The van der Waals surface area contributed by atoms with E-state index in [0.717, 1.165) is 0 Å². The van der Waals surface area contributed by atoms with Gasteiger partial charge in [-0.2, -0.15) is 0 Å². The van der Waals surface area contributed by atoms with Crippen LogP contribution in [0.5, 0.6) is 11.5 Å². The zero-order valence-electron chi connectivity index (χ0n) is 18.8. The minimum atomic E-state index is -0.911. The Labute approximate surface area is 206 Å². The van der Waals surface area contributed by atoms with Crippen molar-refractivity contribution in [2.24, 2.45) is 0 Å². The summed E-state index contributed by atoms with van der Waals surface area (Å²) in [7, 11) is 2.90. The molecular formula is C24H23Cl2NO7. The molecule has 180 valence electrons. The molecule has 0 aliphatic carbocycles. The van der Waals surface area contributed by atoms with E-state index in [1.54, 1.807) is 24.3 Å². The van der Waals surface area contributed by atoms with Crippen LogP contribution in [-0.2, 0) is 19.1 Å². The van der Waals surface area contributed by atoms with Gasteiger partial charge in [0.15, 0.2) is 0 Å². The molecule has 8 nitrogen and oxygen atoms in total. The lowest BCUT2D eigenvalue weighted by atomic mass is 9.95. The fourth-order valence-electron chi connectivity index (χ4n) is 3.81. The van der Waals surface area contributed by atoms with Crippen LogP contribution in [0.25, 0.3) is 5.76 Å². The summed E-state index contributed by atoms with van der Waals surface area (Å²) in [5.74, 6) is -2.17. The van der Waals surface area contributed by atoms with E-state index in [2.05, 4.69) is 0 Å². The summed E-state index contributed by atoms with van der Waals surface area (Å²) < 4.78 is 15.5. The third-order valence-electron chi connectivity index (χ3n) is 5.21. The number of ketones is 1. The molecule has 0 spiro atoms. The number of esters is 1. The van der Waals surface area contributed by atoms with Gasteiger partial charge >= 0.3 is 5.97 Å². The van der Waals surface area contributed by atoms with Crippen molar-refractivity contribution in [3.63, 3.8) is 0 Å². The Hall–Kier alpha value is -3.07. The molecular weight excluding hydrogens is 485 g/mol. The number of methoxy groups -OCH3 is 2. The van der Waals surface area contributed by atoms with Crippen LogP contribution >= 0.6 is 23.2 Å². The number of aliphatic hydroxyl groups is 1. The molecule has 1 N–H and O–H groups in total. The number of nitrogens with zero attached hydrogens (tertiary/aromatic N) is 1. The summed E-state index contributed by atoms with van der Waals surface area (Å²) >= 11 is 12.3. The third kappa shape index (κ3) is 5.19. The lowest BCUT2D eigenvalue weighted by molar-refractivity contribution is -0.140. The summed E-state index contributed by atoms with van der Waals surface area (Å²) in [6.07, 6.45) is 0.470. The van der Waals surface area contributed by atoms with E-state index < -0.39 is 29.5 Å². The highest BCUT2D eigenvalue weighted by molar-refractivity contribution is 6.46. The highest BCUT2D eigenvalue weighted by Crippen LogP contribution is 2.43. The molecule has 1 heterocycles. The number of ether oxygens (including phenoxy) is 3. The number of halogens is 2. The molecule has 0 radical (unpaired) electrons. The van der Waals surface area contributed by atoms with Gasteiger partial charge in [-0.15, -0.1) is 0 Å². The van der Waals surface area contributed by atoms with Crippen molar-refractivity contribution in [3.8, 4) is 11.5 Å². The van der Waals surface area contributed by atoms with Crippen LogP contribution < -0.4 is 9.47 Å². The van der Waals surface area contributed by atoms with Crippen LogP contribution in [0, 0.1) is 0 Å². The van der Waals surface area contributed by atoms with Gasteiger partial charge in [0.1, 0.15) is 17.3 Å². The van der Waals surface area contributed by atoms with Crippen LogP contribution in [0.4, 0.5) is 0 Å². The molecule has 1 aliphatic rings. The van der Waals surface area contributed by atoms with Crippen molar-refractivity contribution >= 4 is 46.6 Å². The van der Waals surface area contributed by atoms with Crippen molar-refractivity contribution in [3.05, 3.63) is 63.1 Å². The van der Waals surface area contributed by atoms with Crippen molar-refractivity contribution in [2.45, 2.75) is 19.4 Å². The number of hydrogen-bond donors (Lipinski definition) is 1. The van der Waals surface area contributed by atoms with Crippen LogP contribution in [-0.4, -0.2) is 55.0 Å². The van der Waals surface area contributed by atoms with Gasteiger partial charge in [0.25, 0.3) is 11.7 Å². The number of aliphatic hydroxyl groups excluding tert-OH is 1. The molecule has 0 aromatic heterocycles. The maximum absolute atomic E-state index is 13.1. The second kappa shape index (κ2) is 10.9. The third-order valence-corrected chi connectivity index (χ3v) is 5.71. The SMILES string of the molecule is COCCCN1C(=O)C(=O)/C(=C(/O)c2cc(Cl)cc(Cl)c2OC)C1c1ccc(OC(C)=O)cc1. The Morgan fingerprint density at radius 1 is 1.12 bits per heavy atom. The number of rotatable bonds is 8. The fraction of sp³-hybridized carbons (Fsp3) is 0.292.